The van der Waals surface area contributed by atoms with Crippen molar-refractivity contribution in [2.45, 2.75) is 19.5 Å². The third-order valence-corrected chi connectivity index (χ3v) is 2.70. The van der Waals surface area contributed by atoms with Crippen LogP contribution in [-0.4, -0.2) is 24.9 Å². The number of ether oxygens (including phenoxy) is 1. The number of hydrogen-bond donors (Lipinski definition) is 2. The van der Waals surface area contributed by atoms with Crippen LogP contribution in [0.15, 0.2) is 12.1 Å². The van der Waals surface area contributed by atoms with E-state index in [9.17, 15) is 0 Å². The first-order valence-corrected chi connectivity index (χ1v) is 5.70. The molecule has 0 aliphatic rings. The second-order valence-corrected chi connectivity index (χ2v) is 4.39. The van der Waals surface area contributed by atoms with Crippen LogP contribution in [0.5, 0.6) is 5.75 Å². The maximum Gasteiger partial charge on any atom is 0.142 e. The largest absolute Gasteiger partial charge is 0.495 e. The van der Waals surface area contributed by atoms with Crippen molar-refractivity contribution in [1.29, 1.82) is 0 Å². The number of methoxy groups -OCH3 is 1. The maximum atomic E-state index is 8.90. The Morgan fingerprint density at radius 2 is 2.12 bits per heavy atom. The molecule has 5 heteroatoms. The fourth-order valence-corrected chi connectivity index (χ4v) is 1.94. The molecule has 0 saturated carbocycles. The molecule has 0 bridgehead atoms. The molecule has 1 aromatic carbocycles. The third-order valence-electron chi connectivity index (χ3n) is 2.20. The molecule has 0 fully saturated rings. The van der Waals surface area contributed by atoms with Crippen molar-refractivity contribution in [1.82, 2.24) is 5.32 Å². The zero-order chi connectivity index (χ0) is 12.1. The Kier molecular flexibility index (Phi) is 5.35. The molecular weight excluding hydrogens is 249 g/mol. The molecule has 0 heterocycles. The van der Waals surface area contributed by atoms with Gasteiger partial charge in [-0.1, -0.05) is 23.2 Å². The van der Waals surface area contributed by atoms with Crippen molar-refractivity contribution in [3.63, 3.8) is 0 Å². The first-order valence-electron chi connectivity index (χ1n) is 4.94. The number of halogens is 2. The Labute approximate surface area is 105 Å². The quantitative estimate of drug-likeness (QED) is 0.858. The van der Waals surface area contributed by atoms with Gasteiger partial charge in [-0.05, 0) is 19.1 Å². The van der Waals surface area contributed by atoms with E-state index in [1.54, 1.807) is 19.2 Å². The molecule has 2 N–H and O–H groups in total. The number of hydrogen-bond acceptors (Lipinski definition) is 3. The van der Waals surface area contributed by atoms with Crippen molar-refractivity contribution in [3.8, 4) is 5.75 Å². The van der Waals surface area contributed by atoms with E-state index in [1.807, 2.05) is 6.92 Å². The molecule has 0 aliphatic carbocycles. The van der Waals surface area contributed by atoms with E-state index in [0.29, 0.717) is 22.3 Å². The Balaban J connectivity index is 2.85. The first-order chi connectivity index (χ1) is 7.58. The first kappa shape index (κ1) is 13.6. The molecule has 0 amide bonds. The second kappa shape index (κ2) is 6.30. The van der Waals surface area contributed by atoms with Gasteiger partial charge < -0.3 is 15.2 Å². The van der Waals surface area contributed by atoms with Crippen LogP contribution in [0.3, 0.4) is 0 Å². The van der Waals surface area contributed by atoms with Gasteiger partial charge in [-0.2, -0.15) is 0 Å². The minimum atomic E-state index is 0.0162. The number of rotatable bonds is 5. The van der Waals surface area contributed by atoms with Gasteiger partial charge >= 0.3 is 0 Å². The lowest BCUT2D eigenvalue weighted by molar-refractivity contribution is 0.250. The summed E-state index contributed by atoms with van der Waals surface area (Å²) < 4.78 is 5.20. The Morgan fingerprint density at radius 3 is 2.69 bits per heavy atom. The lowest BCUT2D eigenvalue weighted by Crippen LogP contribution is -2.28. The predicted octanol–water partition coefficient (Wildman–Crippen LogP) is 2.47. The monoisotopic (exact) mass is 263 g/mol. The molecule has 0 spiro atoms. The van der Waals surface area contributed by atoms with Gasteiger partial charge in [0.05, 0.1) is 18.7 Å². The molecule has 1 aromatic rings. The van der Waals surface area contributed by atoms with Crippen molar-refractivity contribution < 1.29 is 9.84 Å². The molecule has 0 radical (unpaired) electrons. The molecule has 0 saturated heterocycles. The molecule has 0 aliphatic heterocycles. The summed E-state index contributed by atoms with van der Waals surface area (Å²) in [6, 6.07) is 3.45. The third kappa shape index (κ3) is 3.52. The van der Waals surface area contributed by atoms with Crippen molar-refractivity contribution in [2.75, 3.05) is 13.7 Å². The highest BCUT2D eigenvalue weighted by molar-refractivity contribution is 6.35. The molecule has 3 nitrogen and oxygen atoms in total. The summed E-state index contributed by atoms with van der Waals surface area (Å²) in [6.45, 7) is 2.51. The summed E-state index contributed by atoms with van der Waals surface area (Å²) in [4.78, 5) is 0. The average Bonchev–Trinajstić information content (AvgIpc) is 2.25. The average molecular weight is 264 g/mol. The molecule has 0 unspecified atom stereocenters. The minimum Gasteiger partial charge on any atom is -0.495 e. The number of aliphatic hydroxyl groups is 1. The molecule has 0 aromatic heterocycles. The lowest BCUT2D eigenvalue weighted by Gasteiger charge is -2.14. The highest BCUT2D eigenvalue weighted by Crippen LogP contribution is 2.32. The zero-order valence-electron chi connectivity index (χ0n) is 9.26. The van der Waals surface area contributed by atoms with Crippen molar-refractivity contribution in [2.24, 2.45) is 0 Å². The van der Waals surface area contributed by atoms with Gasteiger partial charge in [-0.15, -0.1) is 0 Å². The summed E-state index contributed by atoms with van der Waals surface area (Å²) >= 11 is 11.9. The summed E-state index contributed by atoms with van der Waals surface area (Å²) in [5, 5.41) is 13.1. The van der Waals surface area contributed by atoms with Crippen LogP contribution >= 0.6 is 23.2 Å². The van der Waals surface area contributed by atoms with Gasteiger partial charge in [0.2, 0.25) is 0 Å². The van der Waals surface area contributed by atoms with Gasteiger partial charge in [0, 0.05) is 23.2 Å². The van der Waals surface area contributed by atoms with Crippen LogP contribution in [-0.2, 0) is 6.54 Å². The summed E-state index contributed by atoms with van der Waals surface area (Å²) in [6.07, 6.45) is 0. The van der Waals surface area contributed by atoms with E-state index in [-0.39, 0.29) is 12.6 Å². The molecule has 1 atom stereocenters. The van der Waals surface area contributed by atoms with E-state index in [0.717, 1.165) is 5.56 Å². The molecule has 1 rings (SSSR count). The van der Waals surface area contributed by atoms with Gasteiger partial charge in [0.1, 0.15) is 5.75 Å². The Bertz CT molecular complexity index is 358. The van der Waals surface area contributed by atoms with Crippen LogP contribution in [0.1, 0.15) is 12.5 Å². The fourth-order valence-electron chi connectivity index (χ4n) is 1.32. The van der Waals surface area contributed by atoms with Gasteiger partial charge in [0.15, 0.2) is 0 Å². The van der Waals surface area contributed by atoms with Gasteiger partial charge in [0.25, 0.3) is 0 Å². The number of aliphatic hydroxyl groups excluding tert-OH is 1. The van der Waals surface area contributed by atoms with Crippen LogP contribution < -0.4 is 10.1 Å². The summed E-state index contributed by atoms with van der Waals surface area (Å²) in [7, 11) is 1.56. The smallest absolute Gasteiger partial charge is 0.142 e. The van der Waals surface area contributed by atoms with Gasteiger partial charge in [-0.25, -0.2) is 0 Å². The topological polar surface area (TPSA) is 41.5 Å². The normalized spacial score (nSPS) is 12.6. The fraction of sp³-hybridized carbons (Fsp3) is 0.455. The highest BCUT2D eigenvalue weighted by Gasteiger charge is 2.10. The Morgan fingerprint density at radius 1 is 1.44 bits per heavy atom. The molecular formula is C11H15Cl2NO2. The van der Waals surface area contributed by atoms with E-state index >= 15 is 0 Å². The summed E-state index contributed by atoms with van der Waals surface area (Å²) in [5.41, 5.74) is 0.875. The summed E-state index contributed by atoms with van der Waals surface area (Å²) in [5.74, 6) is 0.615. The van der Waals surface area contributed by atoms with Crippen molar-refractivity contribution >= 4 is 23.2 Å². The highest BCUT2D eigenvalue weighted by atomic mass is 35.5. The standard InChI is InChI=1S/C11H15Cl2NO2/c1-7(6-15)14-5-8-3-9(12)4-10(13)11(8)16-2/h3-4,7,14-15H,5-6H2,1-2H3/t7-/m1/s1. The molecule has 16 heavy (non-hydrogen) atoms. The second-order valence-electron chi connectivity index (χ2n) is 3.54. The number of benzene rings is 1. The van der Waals surface area contributed by atoms with Crippen LogP contribution in [0, 0.1) is 0 Å². The van der Waals surface area contributed by atoms with Gasteiger partial charge in [-0.3, -0.25) is 0 Å². The van der Waals surface area contributed by atoms with E-state index in [2.05, 4.69) is 5.32 Å². The van der Waals surface area contributed by atoms with E-state index < -0.39 is 0 Å². The lowest BCUT2D eigenvalue weighted by atomic mass is 10.2. The number of nitrogens with one attached hydrogen (secondary N) is 1. The van der Waals surface area contributed by atoms with Crippen molar-refractivity contribution in [3.05, 3.63) is 27.7 Å². The molecule has 90 valence electrons. The zero-order valence-corrected chi connectivity index (χ0v) is 10.8. The van der Waals surface area contributed by atoms with Crippen LogP contribution in [0.25, 0.3) is 0 Å². The van der Waals surface area contributed by atoms with E-state index in [1.165, 1.54) is 0 Å². The maximum absolute atomic E-state index is 8.90. The Hall–Kier alpha value is -0.480. The SMILES string of the molecule is COc1c(Cl)cc(Cl)cc1CN[C@H](C)CO. The van der Waals surface area contributed by atoms with Crippen LogP contribution in [0.4, 0.5) is 0 Å². The van der Waals surface area contributed by atoms with Crippen LogP contribution in [0.2, 0.25) is 10.0 Å². The predicted molar refractivity (Wildman–Crippen MR) is 66.4 cm³/mol. The van der Waals surface area contributed by atoms with E-state index in [4.69, 9.17) is 33.0 Å². The minimum absolute atomic E-state index is 0.0162.